The van der Waals surface area contributed by atoms with E-state index in [0.29, 0.717) is 3.57 Å². The van der Waals surface area contributed by atoms with Crippen LogP contribution in [0.15, 0.2) is 6.07 Å². The van der Waals surface area contributed by atoms with E-state index in [-0.39, 0.29) is 11.6 Å². The molecular weight excluding hydrogens is 295 g/mol. The number of alkyl halides is 2. The molecule has 0 fully saturated rings. The molecule has 0 aliphatic carbocycles. The fraction of sp³-hybridized carbons (Fsp3) is 0.286. The highest BCUT2D eigenvalue weighted by molar-refractivity contribution is 14.1. The molecule has 0 aliphatic rings. The molecular formula is C7H6F2INO2. The lowest BCUT2D eigenvalue weighted by Gasteiger charge is -2.06. The minimum atomic E-state index is -2.66. The highest BCUT2D eigenvalue weighted by Crippen LogP contribution is 2.32. The van der Waals surface area contributed by atoms with Crippen molar-refractivity contribution in [1.82, 2.24) is 4.98 Å². The molecule has 1 aromatic heterocycles. The molecule has 6 heteroatoms. The number of hydrogen-bond acceptors (Lipinski definition) is 3. The van der Waals surface area contributed by atoms with Crippen LogP contribution in [0, 0.1) is 3.57 Å². The van der Waals surface area contributed by atoms with Crippen molar-refractivity contribution in [2.24, 2.45) is 0 Å². The summed E-state index contributed by atoms with van der Waals surface area (Å²) in [6, 6.07) is 1.11. The molecule has 0 saturated carbocycles. The van der Waals surface area contributed by atoms with Crippen LogP contribution in [0.3, 0.4) is 0 Å². The number of hydrogen-bond donors (Lipinski definition) is 1. The van der Waals surface area contributed by atoms with Crippen molar-refractivity contribution < 1.29 is 18.6 Å². The Kier molecular flexibility index (Phi) is 3.23. The van der Waals surface area contributed by atoms with Crippen molar-refractivity contribution in [3.05, 3.63) is 15.3 Å². The zero-order valence-corrected chi connectivity index (χ0v) is 8.75. The molecule has 1 rings (SSSR count). The number of aromatic hydroxyl groups is 1. The Morgan fingerprint density at radius 1 is 1.62 bits per heavy atom. The van der Waals surface area contributed by atoms with E-state index < -0.39 is 12.1 Å². The molecule has 0 unspecified atom stereocenters. The molecule has 0 aromatic carbocycles. The molecule has 1 heterocycles. The van der Waals surface area contributed by atoms with E-state index in [4.69, 9.17) is 0 Å². The zero-order chi connectivity index (χ0) is 10.0. The summed E-state index contributed by atoms with van der Waals surface area (Å²) >= 11 is 1.73. The first-order valence-corrected chi connectivity index (χ1v) is 4.35. The van der Waals surface area contributed by atoms with Crippen LogP contribution >= 0.6 is 22.6 Å². The number of aromatic nitrogens is 1. The maximum absolute atomic E-state index is 12.2. The Morgan fingerprint density at radius 2 is 2.23 bits per heavy atom. The Bertz CT molecular complexity index is 320. The van der Waals surface area contributed by atoms with Gasteiger partial charge in [0.1, 0.15) is 5.69 Å². The van der Waals surface area contributed by atoms with Gasteiger partial charge in [-0.2, -0.15) is 0 Å². The fourth-order valence-corrected chi connectivity index (χ4v) is 1.31. The summed E-state index contributed by atoms with van der Waals surface area (Å²) in [5.74, 6) is -0.394. The van der Waals surface area contributed by atoms with Crippen LogP contribution in [0.4, 0.5) is 8.78 Å². The molecule has 0 amide bonds. The smallest absolute Gasteiger partial charge is 0.280 e. The Labute approximate surface area is 86.9 Å². The Hall–Kier alpha value is -0.660. The van der Waals surface area contributed by atoms with Gasteiger partial charge in [-0.1, -0.05) is 0 Å². The van der Waals surface area contributed by atoms with Gasteiger partial charge < -0.3 is 9.84 Å². The van der Waals surface area contributed by atoms with Crippen LogP contribution < -0.4 is 4.74 Å². The van der Waals surface area contributed by atoms with Gasteiger partial charge in [0.15, 0.2) is 5.75 Å². The summed E-state index contributed by atoms with van der Waals surface area (Å²) in [4.78, 5) is 3.42. The monoisotopic (exact) mass is 301 g/mol. The van der Waals surface area contributed by atoms with Gasteiger partial charge in [-0.05, 0) is 28.7 Å². The van der Waals surface area contributed by atoms with Crippen molar-refractivity contribution in [1.29, 1.82) is 0 Å². The van der Waals surface area contributed by atoms with Gasteiger partial charge in [0.2, 0.25) is 0 Å². The Balaban J connectivity index is 3.22. The first-order chi connectivity index (χ1) is 6.06. The third-order valence-electron chi connectivity index (χ3n) is 1.35. The second-order valence-corrected chi connectivity index (χ2v) is 3.35. The van der Waals surface area contributed by atoms with Crippen molar-refractivity contribution in [3.63, 3.8) is 0 Å². The highest BCUT2D eigenvalue weighted by atomic mass is 127. The minimum Gasteiger partial charge on any atom is -0.502 e. The van der Waals surface area contributed by atoms with Crippen molar-refractivity contribution in [2.75, 3.05) is 7.11 Å². The molecule has 13 heavy (non-hydrogen) atoms. The van der Waals surface area contributed by atoms with E-state index in [2.05, 4.69) is 9.72 Å². The van der Waals surface area contributed by atoms with E-state index in [1.54, 1.807) is 22.6 Å². The molecule has 0 spiro atoms. The highest BCUT2D eigenvalue weighted by Gasteiger charge is 2.15. The van der Waals surface area contributed by atoms with E-state index in [0.717, 1.165) is 6.07 Å². The van der Waals surface area contributed by atoms with Gasteiger partial charge >= 0.3 is 0 Å². The molecule has 1 aromatic rings. The normalized spacial score (nSPS) is 10.5. The van der Waals surface area contributed by atoms with Crippen LogP contribution in [-0.2, 0) is 0 Å². The number of ether oxygens (including phenoxy) is 1. The van der Waals surface area contributed by atoms with E-state index >= 15 is 0 Å². The van der Waals surface area contributed by atoms with Gasteiger partial charge in [-0.3, -0.25) is 0 Å². The van der Waals surface area contributed by atoms with Crippen molar-refractivity contribution in [3.8, 4) is 11.6 Å². The summed E-state index contributed by atoms with van der Waals surface area (Å²) in [5.41, 5.74) is -0.404. The second kappa shape index (κ2) is 4.03. The third kappa shape index (κ3) is 2.17. The van der Waals surface area contributed by atoms with Gasteiger partial charge in [-0.25, -0.2) is 13.8 Å². The molecule has 3 nitrogen and oxygen atoms in total. The zero-order valence-electron chi connectivity index (χ0n) is 6.59. The summed E-state index contributed by atoms with van der Waals surface area (Å²) in [6.07, 6.45) is -2.66. The number of pyridine rings is 1. The molecule has 0 atom stereocenters. The molecule has 1 N–H and O–H groups in total. The lowest BCUT2D eigenvalue weighted by atomic mass is 10.3. The van der Waals surface area contributed by atoms with Crippen LogP contribution in [0.2, 0.25) is 0 Å². The van der Waals surface area contributed by atoms with E-state index in [1.165, 1.54) is 7.11 Å². The summed E-state index contributed by atoms with van der Waals surface area (Å²) < 4.78 is 29.3. The average Bonchev–Trinajstić information content (AvgIpc) is 2.09. The summed E-state index contributed by atoms with van der Waals surface area (Å²) in [5, 5.41) is 9.26. The van der Waals surface area contributed by atoms with Crippen LogP contribution in [0.5, 0.6) is 11.6 Å². The van der Waals surface area contributed by atoms with Crippen LogP contribution in [0.25, 0.3) is 0 Å². The SMILES string of the molecule is COc1nc(C(F)F)cc(I)c1O. The number of rotatable bonds is 2. The summed E-state index contributed by atoms with van der Waals surface area (Å²) in [6.45, 7) is 0. The predicted octanol–water partition coefficient (Wildman–Crippen LogP) is 2.34. The lowest BCUT2D eigenvalue weighted by molar-refractivity contribution is 0.144. The first kappa shape index (κ1) is 10.4. The van der Waals surface area contributed by atoms with E-state index in [1.807, 2.05) is 0 Å². The minimum absolute atomic E-state index is 0.179. The predicted molar refractivity (Wildman–Crippen MR) is 50.1 cm³/mol. The largest absolute Gasteiger partial charge is 0.502 e. The topological polar surface area (TPSA) is 42.4 Å². The first-order valence-electron chi connectivity index (χ1n) is 3.27. The maximum Gasteiger partial charge on any atom is 0.280 e. The number of nitrogens with zero attached hydrogens (tertiary/aromatic N) is 1. The van der Waals surface area contributed by atoms with Crippen molar-refractivity contribution >= 4 is 22.6 Å². The lowest BCUT2D eigenvalue weighted by Crippen LogP contribution is -1.96. The molecule has 0 radical (unpaired) electrons. The quantitative estimate of drug-likeness (QED) is 0.853. The van der Waals surface area contributed by atoms with Crippen molar-refractivity contribution in [2.45, 2.75) is 6.43 Å². The second-order valence-electron chi connectivity index (χ2n) is 2.19. The average molecular weight is 301 g/mol. The molecule has 0 saturated heterocycles. The summed E-state index contributed by atoms with van der Waals surface area (Å²) in [7, 11) is 1.26. The van der Waals surface area contributed by atoms with Gasteiger partial charge in [0, 0.05) is 0 Å². The number of methoxy groups -OCH3 is 1. The van der Waals surface area contributed by atoms with Gasteiger partial charge in [0.25, 0.3) is 12.3 Å². The molecule has 0 aliphatic heterocycles. The van der Waals surface area contributed by atoms with E-state index in [9.17, 15) is 13.9 Å². The van der Waals surface area contributed by atoms with Crippen LogP contribution in [0.1, 0.15) is 12.1 Å². The molecule has 0 bridgehead atoms. The fourth-order valence-electron chi connectivity index (χ4n) is 0.757. The molecule has 72 valence electrons. The standard InChI is InChI=1S/C7H6F2INO2/c1-13-7-5(12)3(10)2-4(11-7)6(8)9/h2,6,12H,1H3. The Morgan fingerprint density at radius 3 is 2.69 bits per heavy atom. The van der Waals surface area contributed by atoms with Gasteiger partial charge in [0.05, 0.1) is 10.7 Å². The maximum atomic E-state index is 12.2. The van der Waals surface area contributed by atoms with Gasteiger partial charge in [-0.15, -0.1) is 0 Å². The van der Waals surface area contributed by atoms with Crippen LogP contribution in [-0.4, -0.2) is 17.2 Å². The third-order valence-corrected chi connectivity index (χ3v) is 2.17. The number of halogens is 3.